The molecule has 0 N–H and O–H groups in total. The van der Waals surface area contributed by atoms with E-state index in [0.29, 0.717) is 49.9 Å². The number of rotatable bonds is 7. The Balaban J connectivity index is 1.05. The number of aromatic nitrogens is 2. The van der Waals surface area contributed by atoms with Gasteiger partial charge in [-0.2, -0.15) is 0 Å². The van der Waals surface area contributed by atoms with Crippen molar-refractivity contribution in [2.45, 2.75) is 25.7 Å². The van der Waals surface area contributed by atoms with Gasteiger partial charge in [-0.05, 0) is 44.0 Å². The third kappa shape index (κ3) is 5.63. The minimum Gasteiger partial charge on any atom is -0.496 e. The standard InChI is InChI=1S/C32H35N5O4S/c1-3-41-28-11-7-6-10-27(28)35-16-18-37(19-17-35)32(39)26-21-42-30(34-26)22-12-14-36(15-13-22)31(38)25-20-29(40-2)23-8-4-5-9-24(23)33-25/h4-11,20-22H,3,12-19H2,1-2H3. The van der Waals surface area contributed by atoms with E-state index >= 15 is 0 Å². The number of pyridine rings is 1. The lowest BCUT2D eigenvalue weighted by atomic mass is 9.97. The summed E-state index contributed by atoms with van der Waals surface area (Å²) in [5.74, 6) is 1.65. The van der Waals surface area contributed by atoms with E-state index < -0.39 is 0 Å². The van der Waals surface area contributed by atoms with Crippen LogP contribution in [0.4, 0.5) is 5.69 Å². The van der Waals surface area contributed by atoms with Gasteiger partial charge in [0.05, 0.1) is 29.9 Å². The molecule has 0 bridgehead atoms. The Morgan fingerprint density at radius 1 is 0.857 bits per heavy atom. The second-order valence-electron chi connectivity index (χ2n) is 10.5. The summed E-state index contributed by atoms with van der Waals surface area (Å²) in [6.07, 6.45) is 1.60. The number of piperidine rings is 1. The van der Waals surface area contributed by atoms with Gasteiger partial charge in [-0.3, -0.25) is 9.59 Å². The number of nitrogens with zero attached hydrogens (tertiary/aromatic N) is 5. The van der Waals surface area contributed by atoms with Crippen molar-refractivity contribution in [2.75, 3.05) is 57.9 Å². The predicted octanol–water partition coefficient (Wildman–Crippen LogP) is 5.08. The van der Waals surface area contributed by atoms with Crippen molar-refractivity contribution in [1.82, 2.24) is 19.8 Å². The molecule has 0 spiro atoms. The van der Waals surface area contributed by atoms with Crippen LogP contribution in [0.5, 0.6) is 11.5 Å². The average Bonchev–Trinajstić information content (AvgIpc) is 3.55. The quantitative estimate of drug-likeness (QED) is 0.299. The number of piperazine rings is 1. The second kappa shape index (κ2) is 12.4. The molecule has 0 atom stereocenters. The number of fused-ring (bicyclic) bond motifs is 1. The molecular formula is C32H35N5O4S. The summed E-state index contributed by atoms with van der Waals surface area (Å²) < 4.78 is 11.3. The first-order valence-corrected chi connectivity index (χ1v) is 15.4. The molecular weight excluding hydrogens is 550 g/mol. The summed E-state index contributed by atoms with van der Waals surface area (Å²) in [6, 6.07) is 17.5. The first-order chi connectivity index (χ1) is 20.6. The van der Waals surface area contributed by atoms with E-state index in [0.717, 1.165) is 53.3 Å². The van der Waals surface area contributed by atoms with Gasteiger partial charge in [-0.1, -0.05) is 24.3 Å². The maximum atomic E-state index is 13.3. The SMILES string of the molecule is CCOc1ccccc1N1CCN(C(=O)c2csc(C3CCN(C(=O)c4cc(OC)c5ccccc5n4)CC3)n2)CC1. The fraction of sp³-hybridized carbons (Fsp3) is 0.375. The van der Waals surface area contributed by atoms with E-state index in [2.05, 4.69) is 16.0 Å². The van der Waals surface area contributed by atoms with Crippen molar-refractivity contribution in [3.8, 4) is 11.5 Å². The van der Waals surface area contributed by atoms with Crippen LogP contribution in [-0.4, -0.2) is 84.6 Å². The van der Waals surface area contributed by atoms with Crippen molar-refractivity contribution in [3.63, 3.8) is 0 Å². The Morgan fingerprint density at radius 3 is 2.31 bits per heavy atom. The maximum absolute atomic E-state index is 13.3. The fourth-order valence-electron chi connectivity index (χ4n) is 5.80. The number of likely N-dealkylation sites (tertiary alicyclic amines) is 1. The van der Waals surface area contributed by atoms with Crippen LogP contribution in [0, 0.1) is 0 Å². The molecule has 2 aromatic carbocycles. The lowest BCUT2D eigenvalue weighted by Gasteiger charge is -2.36. The van der Waals surface area contributed by atoms with E-state index in [1.165, 1.54) is 0 Å². The first kappa shape index (κ1) is 28.0. The number of benzene rings is 2. The van der Waals surface area contributed by atoms with E-state index in [9.17, 15) is 9.59 Å². The Kier molecular flexibility index (Phi) is 8.23. The number of carbonyl (C=O) groups excluding carboxylic acids is 2. The average molecular weight is 586 g/mol. The van der Waals surface area contributed by atoms with Gasteiger partial charge in [-0.15, -0.1) is 11.3 Å². The fourth-order valence-corrected chi connectivity index (χ4v) is 6.76. The molecule has 2 amide bonds. The predicted molar refractivity (Wildman–Crippen MR) is 164 cm³/mol. The zero-order valence-corrected chi connectivity index (χ0v) is 24.8. The number of methoxy groups -OCH3 is 1. The Hall–Kier alpha value is -4.18. The van der Waals surface area contributed by atoms with Crippen molar-refractivity contribution in [2.24, 2.45) is 0 Å². The zero-order valence-electron chi connectivity index (χ0n) is 24.0. The summed E-state index contributed by atoms with van der Waals surface area (Å²) in [5.41, 5.74) is 2.73. The van der Waals surface area contributed by atoms with Crippen LogP contribution in [0.15, 0.2) is 60.0 Å². The van der Waals surface area contributed by atoms with Crippen LogP contribution in [0.1, 0.15) is 51.7 Å². The van der Waals surface area contributed by atoms with Crippen molar-refractivity contribution in [3.05, 3.63) is 76.4 Å². The number of para-hydroxylation sites is 3. The molecule has 2 saturated heterocycles. The highest BCUT2D eigenvalue weighted by molar-refractivity contribution is 7.09. The molecule has 0 saturated carbocycles. The molecule has 0 radical (unpaired) electrons. The van der Waals surface area contributed by atoms with Crippen molar-refractivity contribution < 1.29 is 19.1 Å². The van der Waals surface area contributed by atoms with Crippen molar-refractivity contribution >= 4 is 39.7 Å². The molecule has 4 heterocycles. The van der Waals surface area contributed by atoms with E-state index in [1.54, 1.807) is 24.5 Å². The van der Waals surface area contributed by atoms with Crippen LogP contribution in [-0.2, 0) is 0 Å². The number of ether oxygens (including phenoxy) is 2. The highest BCUT2D eigenvalue weighted by Gasteiger charge is 2.30. The number of hydrogen-bond acceptors (Lipinski definition) is 8. The third-order valence-electron chi connectivity index (χ3n) is 8.06. The molecule has 4 aromatic rings. The number of carbonyl (C=O) groups is 2. The van der Waals surface area contributed by atoms with E-state index in [-0.39, 0.29) is 17.7 Å². The summed E-state index contributed by atoms with van der Waals surface area (Å²) >= 11 is 1.55. The molecule has 10 heteroatoms. The van der Waals surface area contributed by atoms with Gasteiger partial charge in [0.15, 0.2) is 0 Å². The number of hydrogen-bond donors (Lipinski definition) is 0. The molecule has 6 rings (SSSR count). The third-order valence-corrected chi connectivity index (χ3v) is 9.07. The minimum atomic E-state index is -0.0875. The normalized spacial score (nSPS) is 16.1. The number of anilines is 1. The van der Waals surface area contributed by atoms with Gasteiger partial charge in [0.25, 0.3) is 11.8 Å². The largest absolute Gasteiger partial charge is 0.496 e. The summed E-state index contributed by atoms with van der Waals surface area (Å²) in [4.78, 5) is 42.0. The molecule has 2 aliphatic rings. The molecule has 2 aromatic heterocycles. The van der Waals surface area contributed by atoms with Crippen LogP contribution in [0.25, 0.3) is 10.9 Å². The monoisotopic (exact) mass is 585 g/mol. The lowest BCUT2D eigenvalue weighted by molar-refractivity contribution is 0.0707. The minimum absolute atomic E-state index is 0.0146. The zero-order chi connectivity index (χ0) is 29.1. The Morgan fingerprint density at radius 2 is 1.55 bits per heavy atom. The Labute approximate surface area is 249 Å². The summed E-state index contributed by atoms with van der Waals surface area (Å²) in [5, 5.41) is 3.75. The van der Waals surface area contributed by atoms with Gasteiger partial charge in [0, 0.05) is 62.0 Å². The molecule has 0 aliphatic carbocycles. The molecule has 218 valence electrons. The summed E-state index contributed by atoms with van der Waals surface area (Å²) in [6.45, 7) is 6.62. The van der Waals surface area contributed by atoms with Crippen LogP contribution in [0.3, 0.4) is 0 Å². The van der Waals surface area contributed by atoms with Gasteiger partial charge in [0.1, 0.15) is 22.9 Å². The molecule has 42 heavy (non-hydrogen) atoms. The molecule has 9 nitrogen and oxygen atoms in total. The molecule has 0 unspecified atom stereocenters. The van der Waals surface area contributed by atoms with Gasteiger partial charge in [0.2, 0.25) is 0 Å². The first-order valence-electron chi connectivity index (χ1n) is 14.5. The van der Waals surface area contributed by atoms with Crippen LogP contribution in [0.2, 0.25) is 0 Å². The maximum Gasteiger partial charge on any atom is 0.273 e. The number of amides is 2. The number of thiazole rings is 1. The topological polar surface area (TPSA) is 88.1 Å². The lowest BCUT2D eigenvalue weighted by Crippen LogP contribution is -2.49. The van der Waals surface area contributed by atoms with E-state index in [1.807, 2.05) is 64.6 Å². The second-order valence-corrected chi connectivity index (χ2v) is 11.4. The molecule has 2 fully saturated rings. The van der Waals surface area contributed by atoms with Crippen LogP contribution < -0.4 is 14.4 Å². The highest BCUT2D eigenvalue weighted by Crippen LogP contribution is 2.33. The van der Waals surface area contributed by atoms with Crippen molar-refractivity contribution in [1.29, 1.82) is 0 Å². The smallest absolute Gasteiger partial charge is 0.273 e. The van der Waals surface area contributed by atoms with Gasteiger partial charge in [-0.25, -0.2) is 9.97 Å². The summed E-state index contributed by atoms with van der Waals surface area (Å²) in [7, 11) is 1.61. The highest BCUT2D eigenvalue weighted by atomic mass is 32.1. The Bertz CT molecular complexity index is 1570. The molecule has 2 aliphatic heterocycles. The van der Waals surface area contributed by atoms with Crippen LogP contribution >= 0.6 is 11.3 Å². The van der Waals surface area contributed by atoms with E-state index in [4.69, 9.17) is 14.5 Å². The van der Waals surface area contributed by atoms with Gasteiger partial charge < -0.3 is 24.2 Å². The van der Waals surface area contributed by atoms with Gasteiger partial charge >= 0.3 is 0 Å².